The van der Waals surface area contributed by atoms with Gasteiger partial charge in [0.15, 0.2) is 0 Å². The second-order valence-corrected chi connectivity index (χ2v) is 8.67. The number of nitrogens with one attached hydrogen (secondary N) is 2. The summed E-state index contributed by atoms with van der Waals surface area (Å²) < 4.78 is 0.701. The van der Waals surface area contributed by atoms with Crippen molar-refractivity contribution < 1.29 is 19.2 Å². The van der Waals surface area contributed by atoms with Crippen molar-refractivity contribution in [2.45, 2.75) is 39.7 Å². The van der Waals surface area contributed by atoms with Gasteiger partial charge in [-0.1, -0.05) is 29.8 Å². The zero-order valence-electron chi connectivity index (χ0n) is 16.8. The lowest BCUT2D eigenvalue weighted by Gasteiger charge is -2.35. The molecule has 0 aromatic heterocycles. The summed E-state index contributed by atoms with van der Waals surface area (Å²) in [6, 6.07) is 3.85. The van der Waals surface area contributed by atoms with Crippen LogP contribution in [0, 0.1) is 11.8 Å². The van der Waals surface area contributed by atoms with E-state index in [1.165, 1.54) is 6.92 Å². The highest BCUT2D eigenvalue weighted by molar-refractivity contribution is 9.10. The van der Waals surface area contributed by atoms with Gasteiger partial charge in [-0.15, -0.1) is 0 Å². The predicted octanol–water partition coefficient (Wildman–Crippen LogP) is 1.89. The van der Waals surface area contributed by atoms with Crippen LogP contribution in [-0.4, -0.2) is 47.7 Å². The number of nitrogens with zero attached hydrogens (tertiary/aromatic N) is 1. The summed E-state index contributed by atoms with van der Waals surface area (Å²) in [7, 11) is 0. The van der Waals surface area contributed by atoms with Gasteiger partial charge >= 0.3 is 0 Å². The Hall–Kier alpha value is -2.42. The van der Waals surface area contributed by atoms with Crippen LogP contribution in [0.15, 0.2) is 22.7 Å². The van der Waals surface area contributed by atoms with Gasteiger partial charge in [-0.3, -0.25) is 19.2 Å². The molecule has 1 aromatic carbocycles. The first-order chi connectivity index (χ1) is 13.6. The van der Waals surface area contributed by atoms with Gasteiger partial charge in [-0.25, -0.2) is 0 Å². The number of piperidine rings is 1. The smallest absolute Gasteiger partial charge is 0.256 e. The number of hydrogen-bond acceptors (Lipinski definition) is 4. The number of likely N-dealkylation sites (tertiary alicyclic amines) is 1. The molecule has 0 saturated carbocycles. The normalized spacial score (nSPS) is 19.9. The zero-order valence-corrected chi connectivity index (χ0v) is 18.4. The van der Waals surface area contributed by atoms with Crippen LogP contribution in [-0.2, 0) is 14.4 Å². The van der Waals surface area contributed by atoms with Gasteiger partial charge in [-0.2, -0.15) is 0 Å². The fourth-order valence-electron chi connectivity index (χ4n) is 3.68. The average molecular weight is 467 g/mol. The van der Waals surface area contributed by atoms with E-state index >= 15 is 0 Å². The molecule has 0 radical (unpaired) electrons. The van der Waals surface area contributed by atoms with Crippen molar-refractivity contribution in [2.75, 3.05) is 18.4 Å². The first-order valence-electron chi connectivity index (χ1n) is 9.52. The van der Waals surface area contributed by atoms with Crippen LogP contribution < -0.4 is 16.4 Å². The first kappa shape index (κ1) is 22.9. The Kier molecular flexibility index (Phi) is 7.78. The van der Waals surface area contributed by atoms with E-state index in [1.807, 2.05) is 0 Å². The van der Waals surface area contributed by atoms with Crippen LogP contribution >= 0.6 is 15.9 Å². The summed E-state index contributed by atoms with van der Waals surface area (Å²) in [6.07, 6.45) is 0.726. The molecule has 1 saturated heterocycles. The van der Waals surface area contributed by atoms with E-state index < -0.39 is 23.8 Å². The number of anilines is 1. The van der Waals surface area contributed by atoms with Gasteiger partial charge in [0.2, 0.25) is 17.7 Å². The Balaban J connectivity index is 2.27. The van der Waals surface area contributed by atoms with Gasteiger partial charge in [0.05, 0.1) is 17.7 Å². The SMILES string of the molecule is CC(=O)NC(CC(N)=O)C(=O)Nc1ccc(Br)cc1C(=O)N1C[C@H](C)C[C@H](C)C1. The van der Waals surface area contributed by atoms with Crippen molar-refractivity contribution in [3.8, 4) is 0 Å². The number of carbonyl (C=O) groups excluding carboxylic acids is 4. The third kappa shape index (κ3) is 6.56. The third-order valence-electron chi connectivity index (χ3n) is 4.73. The maximum absolute atomic E-state index is 13.2. The predicted molar refractivity (Wildman–Crippen MR) is 113 cm³/mol. The largest absolute Gasteiger partial charge is 0.370 e. The molecule has 2 rings (SSSR count). The quantitative estimate of drug-likeness (QED) is 0.592. The van der Waals surface area contributed by atoms with E-state index in [-0.39, 0.29) is 12.3 Å². The van der Waals surface area contributed by atoms with Gasteiger partial charge in [0, 0.05) is 24.5 Å². The highest BCUT2D eigenvalue weighted by atomic mass is 79.9. The summed E-state index contributed by atoms with van der Waals surface area (Å²) in [4.78, 5) is 50.3. The average Bonchev–Trinajstić information content (AvgIpc) is 2.60. The van der Waals surface area contributed by atoms with Gasteiger partial charge in [-0.05, 0) is 36.5 Å². The lowest BCUT2D eigenvalue weighted by atomic mass is 9.91. The summed E-state index contributed by atoms with van der Waals surface area (Å²) in [5, 5.41) is 5.07. The molecule has 4 N–H and O–H groups in total. The Labute approximate surface area is 178 Å². The van der Waals surface area contributed by atoms with Gasteiger partial charge in [0.25, 0.3) is 5.91 Å². The highest BCUT2D eigenvalue weighted by Crippen LogP contribution is 2.27. The molecule has 1 unspecified atom stereocenters. The van der Waals surface area contributed by atoms with Crippen molar-refractivity contribution >= 4 is 45.2 Å². The summed E-state index contributed by atoms with van der Waals surface area (Å²) in [5.74, 6) is -1.18. The zero-order chi connectivity index (χ0) is 21.7. The van der Waals surface area contributed by atoms with Crippen molar-refractivity contribution in [3.63, 3.8) is 0 Å². The van der Waals surface area contributed by atoms with Crippen molar-refractivity contribution in [3.05, 3.63) is 28.2 Å². The molecule has 9 heteroatoms. The number of rotatable bonds is 6. The van der Waals surface area contributed by atoms with Crippen LogP contribution in [0.3, 0.4) is 0 Å². The number of carbonyl (C=O) groups is 4. The molecule has 0 bridgehead atoms. The topological polar surface area (TPSA) is 122 Å². The number of benzene rings is 1. The van der Waals surface area contributed by atoms with E-state index in [0.29, 0.717) is 40.6 Å². The molecule has 1 aromatic rings. The molecule has 0 spiro atoms. The van der Waals surface area contributed by atoms with E-state index in [1.54, 1.807) is 23.1 Å². The van der Waals surface area contributed by atoms with E-state index in [4.69, 9.17) is 5.73 Å². The van der Waals surface area contributed by atoms with Crippen LogP contribution in [0.2, 0.25) is 0 Å². The summed E-state index contributed by atoms with van der Waals surface area (Å²) in [5.41, 5.74) is 5.84. The fraction of sp³-hybridized carbons (Fsp3) is 0.500. The highest BCUT2D eigenvalue weighted by Gasteiger charge is 2.29. The fourth-order valence-corrected chi connectivity index (χ4v) is 4.04. The number of amides is 4. The molecule has 1 heterocycles. The van der Waals surface area contributed by atoms with Crippen LogP contribution in [0.1, 0.15) is 44.0 Å². The molecule has 0 aliphatic carbocycles. The van der Waals surface area contributed by atoms with E-state index in [0.717, 1.165) is 6.42 Å². The lowest BCUT2D eigenvalue weighted by Crippen LogP contribution is -2.46. The van der Waals surface area contributed by atoms with E-state index in [2.05, 4.69) is 40.4 Å². The van der Waals surface area contributed by atoms with Crippen LogP contribution in [0.5, 0.6) is 0 Å². The minimum Gasteiger partial charge on any atom is -0.370 e. The van der Waals surface area contributed by atoms with Gasteiger partial charge < -0.3 is 21.3 Å². The molecule has 1 fully saturated rings. The minimum atomic E-state index is -1.12. The first-order valence-corrected chi connectivity index (χ1v) is 10.3. The van der Waals surface area contributed by atoms with Crippen LogP contribution in [0.4, 0.5) is 5.69 Å². The Morgan fingerprint density at radius 2 is 1.83 bits per heavy atom. The summed E-state index contributed by atoms with van der Waals surface area (Å²) in [6.45, 7) is 6.77. The molecule has 4 amide bonds. The van der Waals surface area contributed by atoms with Crippen molar-refractivity contribution in [1.29, 1.82) is 0 Å². The van der Waals surface area contributed by atoms with Gasteiger partial charge in [0.1, 0.15) is 6.04 Å². The number of hydrogen-bond donors (Lipinski definition) is 3. The summed E-state index contributed by atoms with van der Waals surface area (Å²) >= 11 is 3.37. The Bertz CT molecular complexity index is 788. The van der Waals surface area contributed by atoms with Crippen molar-refractivity contribution in [2.24, 2.45) is 17.6 Å². The molecule has 29 heavy (non-hydrogen) atoms. The third-order valence-corrected chi connectivity index (χ3v) is 5.22. The Morgan fingerprint density at radius 3 is 2.38 bits per heavy atom. The second kappa shape index (κ2) is 9.87. The standard InChI is InChI=1S/C20H27BrN4O4/c1-11-6-12(2)10-25(9-11)20(29)15-7-14(21)4-5-16(15)24-19(28)17(8-18(22)27)23-13(3)26/h4-5,7,11-12,17H,6,8-10H2,1-3H3,(H2,22,27)(H,23,26)(H,24,28)/t11-,12+,17?. The molecule has 1 aliphatic heterocycles. The molecular weight excluding hydrogens is 440 g/mol. The molecule has 8 nitrogen and oxygen atoms in total. The lowest BCUT2D eigenvalue weighted by molar-refractivity contribution is -0.127. The minimum absolute atomic E-state index is 0.175. The number of nitrogens with two attached hydrogens (primary N) is 1. The molecular formula is C20H27BrN4O4. The van der Waals surface area contributed by atoms with Crippen LogP contribution in [0.25, 0.3) is 0 Å². The van der Waals surface area contributed by atoms with Crippen molar-refractivity contribution in [1.82, 2.24) is 10.2 Å². The second-order valence-electron chi connectivity index (χ2n) is 7.76. The maximum atomic E-state index is 13.2. The monoisotopic (exact) mass is 466 g/mol. The maximum Gasteiger partial charge on any atom is 0.256 e. The molecule has 158 valence electrons. The number of halogens is 1. The van der Waals surface area contributed by atoms with E-state index in [9.17, 15) is 19.2 Å². The molecule has 3 atom stereocenters. The molecule has 1 aliphatic rings. The Morgan fingerprint density at radius 1 is 1.21 bits per heavy atom. The number of primary amides is 1.